The van der Waals surface area contributed by atoms with Crippen LogP contribution in [0.5, 0.6) is 5.75 Å². The van der Waals surface area contributed by atoms with Gasteiger partial charge in [0.1, 0.15) is 78.3 Å². The Morgan fingerprint density at radius 2 is 0.888 bits per heavy atom. The number of carbonyl (C=O) groups excluding carboxylic acids is 13. The molecule has 0 aliphatic carbocycles. The molecule has 600 valence electrons. The summed E-state index contributed by atoms with van der Waals surface area (Å²) in [5, 5.41) is 108. The van der Waals surface area contributed by atoms with Gasteiger partial charge in [0.2, 0.25) is 76.8 Å². The van der Waals surface area contributed by atoms with E-state index in [4.69, 9.17) is 34.4 Å². The summed E-state index contributed by atoms with van der Waals surface area (Å²) in [4.78, 5) is 212. The molecule has 31 N–H and O–H groups in total. The van der Waals surface area contributed by atoms with Crippen LogP contribution < -0.4 is 92.9 Å². The van der Waals surface area contributed by atoms with Gasteiger partial charge in [0.05, 0.1) is 49.9 Å². The van der Waals surface area contributed by atoms with E-state index in [0.29, 0.717) is 0 Å². The average Bonchev–Trinajstić information content (AvgIpc) is 1.23. The van der Waals surface area contributed by atoms with E-state index in [0.717, 1.165) is 32.6 Å². The topological polar surface area (TPSA) is 734 Å². The molecule has 43 heteroatoms. The van der Waals surface area contributed by atoms with Crippen LogP contribution in [0.25, 0.3) is 0 Å². The SMILES string of the molecule is CC[C@H](C)[C@H](NC(=O)[C@H](CCCN=C(N)N)NC(=O)[C@@H]1CCCN1C(=O)[C@@H](NC(=O)[C@H](CCCN=C(N)N)NC(=O)[C@@H](NC(=O)[C@@H](N)CC(N)=O)[C@@H](C)O)[C@@H](C)O)C(=O)N[C@H](C(=O)N[C@@H](Cc1ccc(O)cc1)C(=O)N[C@H](C(=O)N[C@@H](CC(=O)O)C(=O)N[C@@H](CO)C(=O)N[C@H](C(=O)O)C(C)C)[C@@H](C)O)[C@@H](C)O. The third kappa shape index (κ3) is 31.2. The van der Waals surface area contributed by atoms with Gasteiger partial charge in [-0.1, -0.05) is 46.2 Å². The fourth-order valence-electron chi connectivity index (χ4n) is 10.7. The Balaban J connectivity index is 2.55. The number of carbonyl (C=O) groups is 15. The second-order valence-corrected chi connectivity index (χ2v) is 26.2. The number of guanidine groups is 2. The Labute approximate surface area is 615 Å². The van der Waals surface area contributed by atoms with Crippen LogP contribution >= 0.6 is 0 Å². The molecule has 0 radical (unpaired) electrons. The number of phenolic OH excluding ortho intramolecular Hbond substituents is 1. The fraction of sp³-hybridized carbons (Fsp3) is 0.641. The first kappa shape index (κ1) is 92.5. The van der Waals surface area contributed by atoms with E-state index in [1.54, 1.807) is 6.92 Å². The van der Waals surface area contributed by atoms with Gasteiger partial charge in [-0.25, -0.2) is 4.79 Å². The third-order valence-electron chi connectivity index (χ3n) is 16.8. The number of phenols is 1. The van der Waals surface area contributed by atoms with E-state index < -0.39 is 229 Å². The summed E-state index contributed by atoms with van der Waals surface area (Å²) in [6, 6.07) is -17.6. The zero-order valence-electron chi connectivity index (χ0n) is 60.7. The monoisotopic (exact) mass is 1520 g/mol. The number of benzene rings is 1. The summed E-state index contributed by atoms with van der Waals surface area (Å²) in [7, 11) is 0. The standard InChI is InChI=1S/C64H106N20O23/c1-9-28(4)45(57(101)82-48(31(7)88)60(104)75-38(23-33-16-18-34(90)19-17-33)54(98)81-47(30(6)87)59(103)76-39(25-43(92)93)53(97)77-40(26-85)55(99)78-44(27(2)3)62(106)107)79-51(95)36(13-10-20-71-63(67)68)73-56(100)41-15-12-22-84(41)61(105)49(32(8)89)83-52(96)37(14-11-21-72-64(69)70)74-58(102)46(29(5)86)80-50(94)35(65)24-42(66)91/h16-19,27-32,35-41,44-49,85-90H,9-15,20-26,65H2,1-8H3,(H2,66,91)(H,73,100)(H,74,102)(H,75,104)(H,76,103)(H,77,97)(H,78,99)(H,79,95)(H,80,94)(H,81,98)(H,82,101)(H,83,96)(H,92,93)(H,106,107)(H4,67,68,71)(H4,69,70,72)/t28-,29+,30+,31+,32+,35-,36-,37-,38-,39-,40-,41-,44-,45-,46-,47-,48-,49-/m0/s1. The van der Waals surface area contributed by atoms with E-state index in [2.05, 4.69) is 63.2 Å². The molecule has 0 saturated carbocycles. The number of carboxylic acids is 2. The summed E-state index contributed by atoms with van der Waals surface area (Å²) in [6.45, 7) is 8.93. The van der Waals surface area contributed by atoms with Crippen LogP contribution in [0.1, 0.15) is 119 Å². The molecule has 1 aromatic carbocycles. The molecule has 1 fully saturated rings. The highest BCUT2D eigenvalue weighted by molar-refractivity contribution is 6.01. The van der Waals surface area contributed by atoms with Crippen molar-refractivity contribution in [3.8, 4) is 5.75 Å². The predicted octanol–water partition coefficient (Wildman–Crippen LogP) is -10.7. The number of rotatable bonds is 46. The van der Waals surface area contributed by atoms with E-state index in [-0.39, 0.29) is 87.8 Å². The lowest BCUT2D eigenvalue weighted by Gasteiger charge is -2.32. The highest BCUT2D eigenvalue weighted by Crippen LogP contribution is 2.22. The Hall–Kier alpha value is -10.6. The van der Waals surface area contributed by atoms with Crippen LogP contribution in [-0.2, 0) is 78.3 Å². The van der Waals surface area contributed by atoms with Crippen LogP contribution in [0, 0.1) is 11.8 Å². The van der Waals surface area contributed by atoms with Crippen LogP contribution in [-0.4, -0.2) is 276 Å². The molecule has 0 unspecified atom stereocenters. The van der Waals surface area contributed by atoms with E-state index in [9.17, 15) is 113 Å². The molecule has 1 heterocycles. The summed E-state index contributed by atoms with van der Waals surface area (Å²) < 4.78 is 0. The summed E-state index contributed by atoms with van der Waals surface area (Å²) in [5.41, 5.74) is 33.1. The van der Waals surface area contributed by atoms with Crippen molar-refractivity contribution in [1.29, 1.82) is 0 Å². The first-order valence-corrected chi connectivity index (χ1v) is 34.3. The number of aliphatic hydroxyl groups is 5. The Morgan fingerprint density at radius 3 is 1.33 bits per heavy atom. The molecule has 0 spiro atoms. The second-order valence-electron chi connectivity index (χ2n) is 26.2. The number of amides is 13. The van der Waals surface area contributed by atoms with Gasteiger partial charge in [-0.3, -0.25) is 77.1 Å². The molecule has 2 rings (SSSR count). The van der Waals surface area contributed by atoms with Gasteiger partial charge in [-0.15, -0.1) is 0 Å². The normalized spacial score (nSPS) is 17.4. The summed E-state index contributed by atoms with van der Waals surface area (Å²) in [6.07, 6.45) is -9.57. The number of hydrogen-bond acceptors (Lipinski definition) is 24. The number of nitrogens with two attached hydrogens (primary N) is 6. The molecule has 43 nitrogen and oxygen atoms in total. The Bertz CT molecular complexity index is 3310. The maximum atomic E-state index is 14.6. The molecule has 0 bridgehead atoms. The number of hydrogen-bond donors (Lipinski definition) is 25. The smallest absolute Gasteiger partial charge is 0.326 e. The number of nitrogens with zero attached hydrogens (tertiary/aromatic N) is 3. The van der Waals surface area contributed by atoms with E-state index in [1.165, 1.54) is 45.0 Å². The maximum absolute atomic E-state index is 14.6. The van der Waals surface area contributed by atoms with Crippen LogP contribution in [0.15, 0.2) is 34.3 Å². The number of aliphatic hydroxyl groups excluding tert-OH is 5. The molecule has 1 saturated heterocycles. The van der Waals surface area contributed by atoms with Crippen LogP contribution in [0.2, 0.25) is 0 Å². The lowest BCUT2D eigenvalue weighted by Crippen LogP contribution is -2.64. The highest BCUT2D eigenvalue weighted by Gasteiger charge is 2.44. The molecule has 1 aromatic rings. The average molecular weight is 1520 g/mol. The lowest BCUT2D eigenvalue weighted by atomic mass is 9.96. The third-order valence-corrected chi connectivity index (χ3v) is 16.8. The van der Waals surface area contributed by atoms with Crippen molar-refractivity contribution in [2.75, 3.05) is 26.2 Å². The minimum Gasteiger partial charge on any atom is -0.508 e. The summed E-state index contributed by atoms with van der Waals surface area (Å²) in [5.74, 6) is -20.4. The van der Waals surface area contributed by atoms with Crippen molar-refractivity contribution in [3.05, 3.63) is 29.8 Å². The first-order chi connectivity index (χ1) is 50.0. The summed E-state index contributed by atoms with van der Waals surface area (Å²) >= 11 is 0. The number of aromatic hydroxyl groups is 1. The number of aliphatic imine (C=N–C) groups is 2. The molecule has 18 atom stereocenters. The van der Waals surface area contributed by atoms with Crippen molar-refractivity contribution in [1.82, 2.24) is 63.4 Å². The predicted molar refractivity (Wildman–Crippen MR) is 377 cm³/mol. The minimum absolute atomic E-state index is 0.00187. The van der Waals surface area contributed by atoms with Gasteiger partial charge in [0, 0.05) is 26.1 Å². The minimum atomic E-state index is -2.10. The van der Waals surface area contributed by atoms with Crippen molar-refractivity contribution in [2.24, 2.45) is 56.2 Å². The van der Waals surface area contributed by atoms with Crippen LogP contribution in [0.3, 0.4) is 0 Å². The Morgan fingerprint density at radius 1 is 0.495 bits per heavy atom. The van der Waals surface area contributed by atoms with Gasteiger partial charge < -0.3 is 139 Å². The van der Waals surface area contributed by atoms with Gasteiger partial charge >= 0.3 is 11.9 Å². The molecular formula is C64H106N20O23. The number of aliphatic carboxylic acids is 2. The largest absolute Gasteiger partial charge is 0.508 e. The van der Waals surface area contributed by atoms with E-state index >= 15 is 0 Å². The number of carboxylic acid groups (broad SMARTS) is 2. The lowest BCUT2D eigenvalue weighted by molar-refractivity contribution is -0.145. The highest BCUT2D eigenvalue weighted by atomic mass is 16.4. The maximum Gasteiger partial charge on any atom is 0.326 e. The fourth-order valence-corrected chi connectivity index (χ4v) is 10.7. The van der Waals surface area contributed by atoms with Crippen molar-refractivity contribution in [2.45, 2.75) is 223 Å². The van der Waals surface area contributed by atoms with Gasteiger partial charge in [-0.2, -0.15) is 0 Å². The second kappa shape index (κ2) is 45.0. The molecular weight excluding hydrogens is 1420 g/mol. The first-order valence-electron chi connectivity index (χ1n) is 34.3. The quantitative estimate of drug-likeness (QED) is 0.0164. The zero-order chi connectivity index (χ0) is 81.4. The van der Waals surface area contributed by atoms with Crippen molar-refractivity contribution < 1.29 is 113 Å². The van der Waals surface area contributed by atoms with Crippen molar-refractivity contribution >= 4 is 101 Å². The van der Waals surface area contributed by atoms with Gasteiger partial charge in [-0.05, 0) is 95.8 Å². The molecule has 107 heavy (non-hydrogen) atoms. The molecule has 13 amide bonds. The number of primary amides is 1. The molecule has 0 aromatic heterocycles. The van der Waals surface area contributed by atoms with Gasteiger partial charge in [0.25, 0.3) is 0 Å². The number of nitrogens with one attached hydrogen (secondary N) is 11. The van der Waals surface area contributed by atoms with Crippen molar-refractivity contribution in [3.63, 3.8) is 0 Å². The molecule has 1 aliphatic rings. The Kier molecular flexibility index (Phi) is 38.9. The number of likely N-dealkylation sites (tertiary alicyclic amines) is 1. The zero-order valence-corrected chi connectivity index (χ0v) is 60.7. The van der Waals surface area contributed by atoms with Gasteiger partial charge in [0.15, 0.2) is 11.9 Å². The molecule has 1 aliphatic heterocycles. The van der Waals surface area contributed by atoms with E-state index in [1.807, 2.05) is 5.32 Å². The van der Waals surface area contributed by atoms with Crippen LogP contribution in [0.4, 0.5) is 0 Å².